The van der Waals surface area contributed by atoms with Crippen LogP contribution in [0.15, 0.2) is 6.07 Å². The Hall–Kier alpha value is -1.43. The Morgan fingerprint density at radius 3 is 2.56 bits per heavy atom. The zero-order valence-electron chi connectivity index (χ0n) is 7.95. The molecule has 16 heavy (non-hydrogen) atoms. The molecule has 4 nitrogen and oxygen atoms in total. The lowest BCUT2D eigenvalue weighted by atomic mass is 10.1. The summed E-state index contributed by atoms with van der Waals surface area (Å²) in [5, 5.41) is 17.8. The highest BCUT2D eigenvalue weighted by atomic mass is 35.5. The number of aliphatic carboxylic acids is 1. The first-order chi connectivity index (χ1) is 7.45. The molecule has 0 saturated carbocycles. The molecule has 88 valence electrons. The lowest BCUT2D eigenvalue weighted by molar-refractivity contribution is -0.136. The number of pyridine rings is 1. The van der Waals surface area contributed by atoms with Crippen molar-refractivity contribution in [3.63, 3.8) is 0 Å². The fraction of sp³-hybridized carbons (Fsp3) is 0.333. The van der Waals surface area contributed by atoms with Crippen molar-refractivity contribution in [1.82, 2.24) is 4.98 Å². The number of rotatable bonds is 4. The molecule has 0 radical (unpaired) electrons. The van der Waals surface area contributed by atoms with Crippen molar-refractivity contribution < 1.29 is 23.8 Å². The molecule has 0 aromatic carbocycles. The topological polar surface area (TPSA) is 70.4 Å². The molecular formula is C9H8ClF2NO3. The van der Waals surface area contributed by atoms with Crippen LogP contribution in [0.5, 0.6) is 5.75 Å². The monoisotopic (exact) mass is 251 g/mol. The molecule has 0 saturated heterocycles. The molecule has 0 unspecified atom stereocenters. The molecule has 7 heteroatoms. The third-order valence-corrected chi connectivity index (χ3v) is 2.12. The Morgan fingerprint density at radius 2 is 2.12 bits per heavy atom. The van der Waals surface area contributed by atoms with Crippen LogP contribution in [0.1, 0.15) is 23.4 Å². The third kappa shape index (κ3) is 2.79. The normalized spacial score (nSPS) is 10.8. The maximum absolute atomic E-state index is 12.5. The van der Waals surface area contributed by atoms with E-state index in [4.69, 9.17) is 16.7 Å². The van der Waals surface area contributed by atoms with E-state index in [0.29, 0.717) is 0 Å². The van der Waals surface area contributed by atoms with E-state index in [1.165, 1.54) is 0 Å². The van der Waals surface area contributed by atoms with Crippen molar-refractivity contribution in [1.29, 1.82) is 0 Å². The Bertz CT molecular complexity index is 412. The molecule has 1 rings (SSSR count). The Balaban J connectivity index is 3.20. The average Bonchev–Trinajstić information content (AvgIpc) is 2.19. The van der Waals surface area contributed by atoms with Gasteiger partial charge in [0.1, 0.15) is 5.75 Å². The van der Waals surface area contributed by atoms with Crippen molar-refractivity contribution in [2.75, 3.05) is 0 Å². The van der Waals surface area contributed by atoms with Gasteiger partial charge in [0, 0.05) is 5.56 Å². The molecule has 0 fully saturated rings. The van der Waals surface area contributed by atoms with Crippen molar-refractivity contribution in [3.05, 3.63) is 23.0 Å². The summed E-state index contributed by atoms with van der Waals surface area (Å²) < 4.78 is 24.9. The van der Waals surface area contributed by atoms with E-state index in [0.717, 1.165) is 6.07 Å². The number of carboxylic acid groups (broad SMARTS) is 1. The minimum atomic E-state index is -2.81. The first kappa shape index (κ1) is 12.6. The second-order valence-corrected chi connectivity index (χ2v) is 3.26. The summed E-state index contributed by atoms with van der Waals surface area (Å²) in [5.74, 6) is -2.05. The van der Waals surface area contributed by atoms with Crippen LogP contribution in [0.3, 0.4) is 0 Å². The first-order valence-corrected chi connectivity index (χ1v) is 4.76. The van der Waals surface area contributed by atoms with E-state index in [1.54, 1.807) is 0 Å². The standard InChI is InChI=1S/C9H8ClF2NO3/c10-3-6-4(9(11)12)1-7(14)5(13-6)2-8(15)16/h1,9,14H,2-3H2,(H,15,16). The fourth-order valence-electron chi connectivity index (χ4n) is 1.17. The summed E-state index contributed by atoms with van der Waals surface area (Å²) in [6, 6.07) is 0.799. The number of hydrogen-bond donors (Lipinski definition) is 2. The van der Waals surface area contributed by atoms with Crippen molar-refractivity contribution in [3.8, 4) is 5.75 Å². The van der Waals surface area contributed by atoms with Crippen molar-refractivity contribution in [2.45, 2.75) is 18.7 Å². The van der Waals surface area contributed by atoms with Gasteiger partial charge in [0.25, 0.3) is 6.43 Å². The van der Waals surface area contributed by atoms with E-state index < -0.39 is 30.1 Å². The Labute approximate surface area is 94.5 Å². The summed E-state index contributed by atoms with van der Waals surface area (Å²) in [6.07, 6.45) is -3.36. The lowest BCUT2D eigenvalue weighted by Gasteiger charge is -2.09. The van der Waals surface area contributed by atoms with Gasteiger partial charge >= 0.3 is 5.97 Å². The molecular weight excluding hydrogens is 244 g/mol. The fourth-order valence-corrected chi connectivity index (χ4v) is 1.38. The third-order valence-electron chi connectivity index (χ3n) is 1.87. The number of carboxylic acids is 1. The van der Waals surface area contributed by atoms with E-state index in [2.05, 4.69) is 4.98 Å². The number of hydrogen-bond acceptors (Lipinski definition) is 3. The molecule has 0 atom stereocenters. The molecule has 1 aromatic heterocycles. The highest BCUT2D eigenvalue weighted by molar-refractivity contribution is 6.17. The summed E-state index contributed by atoms with van der Waals surface area (Å²) in [6.45, 7) is 0. The molecule has 0 aliphatic heterocycles. The SMILES string of the molecule is O=C(O)Cc1nc(CCl)c(C(F)F)cc1O. The number of aromatic hydroxyl groups is 1. The zero-order valence-corrected chi connectivity index (χ0v) is 8.71. The Kier molecular flexibility index (Phi) is 4.00. The highest BCUT2D eigenvalue weighted by Gasteiger charge is 2.18. The minimum Gasteiger partial charge on any atom is -0.506 e. The average molecular weight is 252 g/mol. The number of aromatic nitrogens is 1. The van der Waals surface area contributed by atoms with Crippen LogP contribution in [0.4, 0.5) is 8.78 Å². The van der Waals surface area contributed by atoms with Crippen LogP contribution in [0.25, 0.3) is 0 Å². The van der Waals surface area contributed by atoms with Crippen LogP contribution < -0.4 is 0 Å². The number of nitrogens with zero attached hydrogens (tertiary/aromatic N) is 1. The Morgan fingerprint density at radius 1 is 1.50 bits per heavy atom. The minimum absolute atomic E-state index is 0.120. The van der Waals surface area contributed by atoms with E-state index in [9.17, 15) is 18.7 Å². The summed E-state index contributed by atoms with van der Waals surface area (Å²) in [4.78, 5) is 14.0. The second-order valence-electron chi connectivity index (χ2n) is 2.99. The quantitative estimate of drug-likeness (QED) is 0.804. The molecule has 0 aliphatic carbocycles. The van der Waals surface area contributed by atoms with Crippen LogP contribution in [0, 0.1) is 0 Å². The molecule has 1 aromatic rings. The van der Waals surface area contributed by atoms with Gasteiger partial charge in [-0.2, -0.15) is 0 Å². The molecule has 0 aliphatic rings. The molecule has 1 heterocycles. The van der Waals surface area contributed by atoms with E-state index >= 15 is 0 Å². The van der Waals surface area contributed by atoms with Crippen molar-refractivity contribution in [2.24, 2.45) is 0 Å². The van der Waals surface area contributed by atoms with E-state index in [-0.39, 0.29) is 17.3 Å². The summed E-state index contributed by atoms with van der Waals surface area (Å²) >= 11 is 5.41. The predicted octanol–water partition coefficient (Wildman–Crippen LogP) is 2.09. The van der Waals surface area contributed by atoms with Gasteiger partial charge in [0.2, 0.25) is 0 Å². The van der Waals surface area contributed by atoms with Gasteiger partial charge in [0.05, 0.1) is 23.7 Å². The first-order valence-electron chi connectivity index (χ1n) is 4.23. The number of carbonyl (C=O) groups is 1. The van der Waals surface area contributed by atoms with Gasteiger partial charge in [-0.1, -0.05) is 0 Å². The van der Waals surface area contributed by atoms with Crippen molar-refractivity contribution >= 4 is 17.6 Å². The van der Waals surface area contributed by atoms with E-state index in [1.807, 2.05) is 0 Å². The maximum atomic E-state index is 12.5. The lowest BCUT2D eigenvalue weighted by Crippen LogP contribution is -2.06. The van der Waals surface area contributed by atoms with Gasteiger partial charge in [-0.15, -0.1) is 11.6 Å². The van der Waals surface area contributed by atoms with Crippen LogP contribution in [-0.2, 0) is 17.1 Å². The molecule has 0 amide bonds. The van der Waals surface area contributed by atoms with Gasteiger partial charge in [-0.05, 0) is 6.07 Å². The van der Waals surface area contributed by atoms with Gasteiger partial charge in [-0.25, -0.2) is 8.78 Å². The second kappa shape index (κ2) is 5.07. The number of alkyl halides is 3. The smallest absolute Gasteiger partial charge is 0.309 e. The van der Waals surface area contributed by atoms with Gasteiger partial charge in [-0.3, -0.25) is 9.78 Å². The maximum Gasteiger partial charge on any atom is 0.309 e. The van der Waals surface area contributed by atoms with Gasteiger partial charge in [0.15, 0.2) is 0 Å². The van der Waals surface area contributed by atoms with Gasteiger partial charge < -0.3 is 10.2 Å². The zero-order chi connectivity index (χ0) is 12.3. The van der Waals surface area contributed by atoms with Crippen LogP contribution in [0.2, 0.25) is 0 Å². The number of halogens is 3. The largest absolute Gasteiger partial charge is 0.506 e. The molecule has 2 N–H and O–H groups in total. The molecule has 0 bridgehead atoms. The van der Waals surface area contributed by atoms with Crippen LogP contribution in [-0.4, -0.2) is 21.2 Å². The summed E-state index contributed by atoms with van der Waals surface area (Å²) in [7, 11) is 0. The summed E-state index contributed by atoms with van der Waals surface area (Å²) in [5.41, 5.74) is -0.778. The molecule has 0 spiro atoms. The predicted molar refractivity (Wildman–Crippen MR) is 51.8 cm³/mol. The van der Waals surface area contributed by atoms with Crippen LogP contribution >= 0.6 is 11.6 Å². The highest BCUT2D eigenvalue weighted by Crippen LogP contribution is 2.28.